The average Bonchev–Trinajstić information content (AvgIpc) is 1.82. The van der Waals surface area contributed by atoms with E-state index in [-0.39, 0.29) is 11.5 Å². The smallest absolute Gasteiger partial charge is 0.215 e. The minimum atomic E-state index is -2.19. The second kappa shape index (κ2) is 4.52. The maximum absolute atomic E-state index is 10.1. The Bertz CT molecular complexity index is 182. The molecule has 0 rings (SSSR count). The summed E-state index contributed by atoms with van der Waals surface area (Å²) in [6.45, 7) is 1.52. The van der Waals surface area contributed by atoms with Gasteiger partial charge in [0, 0.05) is 0 Å². The predicted molar refractivity (Wildman–Crippen MR) is 35.9 cm³/mol. The standard InChI is InChI=1S/C5H10O3S/c1-2-3-5(4-6)9(7)8/h6H,2-4H2,1H3. The van der Waals surface area contributed by atoms with E-state index in [1.54, 1.807) is 0 Å². The Morgan fingerprint density at radius 1 is 1.56 bits per heavy atom. The fraction of sp³-hybridized carbons (Fsp3) is 0.800. The molecule has 0 saturated heterocycles. The zero-order valence-corrected chi connectivity index (χ0v) is 6.11. The summed E-state index contributed by atoms with van der Waals surface area (Å²) in [6, 6.07) is 0. The van der Waals surface area contributed by atoms with Crippen molar-refractivity contribution in [3.63, 3.8) is 0 Å². The first-order chi connectivity index (χ1) is 4.22. The van der Waals surface area contributed by atoms with Crippen LogP contribution in [0.5, 0.6) is 0 Å². The Morgan fingerprint density at radius 3 is 2.22 bits per heavy atom. The first kappa shape index (κ1) is 8.65. The van der Waals surface area contributed by atoms with Crippen molar-refractivity contribution in [3.05, 3.63) is 0 Å². The first-order valence-corrected chi connectivity index (χ1v) is 3.84. The second-order valence-electron chi connectivity index (χ2n) is 1.68. The van der Waals surface area contributed by atoms with Crippen molar-refractivity contribution in [3.8, 4) is 0 Å². The fourth-order valence-corrected chi connectivity index (χ4v) is 0.970. The lowest BCUT2D eigenvalue weighted by Gasteiger charge is -1.90. The highest BCUT2D eigenvalue weighted by Crippen LogP contribution is 1.87. The predicted octanol–water partition coefficient (Wildman–Crippen LogP) is -0.170. The molecule has 0 aromatic carbocycles. The lowest BCUT2D eigenvalue weighted by Crippen LogP contribution is -2.04. The molecule has 0 aliphatic carbocycles. The van der Waals surface area contributed by atoms with Crippen molar-refractivity contribution in [2.75, 3.05) is 6.61 Å². The molecule has 0 bridgehead atoms. The summed E-state index contributed by atoms with van der Waals surface area (Å²) >= 11 is 0. The van der Waals surface area contributed by atoms with Crippen LogP contribution in [-0.2, 0) is 10.3 Å². The van der Waals surface area contributed by atoms with Crippen LogP contribution in [0.25, 0.3) is 0 Å². The molecule has 9 heavy (non-hydrogen) atoms. The van der Waals surface area contributed by atoms with Crippen LogP contribution < -0.4 is 0 Å². The van der Waals surface area contributed by atoms with Crippen LogP contribution in [0.15, 0.2) is 0 Å². The zero-order valence-electron chi connectivity index (χ0n) is 5.29. The van der Waals surface area contributed by atoms with E-state index < -0.39 is 10.3 Å². The Balaban J connectivity index is 4.18. The van der Waals surface area contributed by atoms with Crippen molar-refractivity contribution in [2.45, 2.75) is 19.8 Å². The van der Waals surface area contributed by atoms with E-state index in [9.17, 15) is 8.42 Å². The number of aliphatic hydroxyl groups excluding tert-OH is 1. The van der Waals surface area contributed by atoms with Gasteiger partial charge in [0.05, 0.1) is 11.5 Å². The van der Waals surface area contributed by atoms with Crippen LogP contribution in [0, 0.1) is 0 Å². The van der Waals surface area contributed by atoms with Crippen LogP contribution in [0.4, 0.5) is 0 Å². The molecular weight excluding hydrogens is 140 g/mol. The molecule has 0 saturated carbocycles. The van der Waals surface area contributed by atoms with Gasteiger partial charge in [-0.25, -0.2) is 0 Å². The molecule has 4 heteroatoms. The number of hydrogen-bond donors (Lipinski definition) is 1. The van der Waals surface area contributed by atoms with E-state index >= 15 is 0 Å². The van der Waals surface area contributed by atoms with Crippen LogP contribution in [0.2, 0.25) is 0 Å². The third-order valence-corrected chi connectivity index (χ3v) is 1.75. The maximum atomic E-state index is 10.1. The summed E-state index contributed by atoms with van der Waals surface area (Å²) < 4.78 is 20.2. The highest BCUT2D eigenvalue weighted by atomic mass is 32.2. The van der Waals surface area contributed by atoms with Crippen LogP contribution in [0.3, 0.4) is 0 Å². The van der Waals surface area contributed by atoms with Gasteiger partial charge in [0.25, 0.3) is 0 Å². The molecule has 0 aromatic heterocycles. The third kappa shape index (κ3) is 3.26. The SMILES string of the molecule is CCCC(CO)=S(=O)=O. The molecule has 0 unspecified atom stereocenters. The van der Waals surface area contributed by atoms with Crippen molar-refractivity contribution in [1.82, 2.24) is 0 Å². The van der Waals surface area contributed by atoms with Gasteiger partial charge >= 0.3 is 0 Å². The largest absolute Gasteiger partial charge is 0.391 e. The fourth-order valence-electron chi connectivity index (χ4n) is 0.494. The average molecular weight is 150 g/mol. The van der Waals surface area contributed by atoms with E-state index in [4.69, 9.17) is 5.11 Å². The maximum Gasteiger partial charge on any atom is 0.215 e. The monoisotopic (exact) mass is 150 g/mol. The Kier molecular flexibility index (Phi) is 4.35. The number of rotatable bonds is 3. The summed E-state index contributed by atoms with van der Waals surface area (Å²) in [6.07, 6.45) is 1.22. The molecule has 54 valence electrons. The molecule has 0 atom stereocenters. The molecule has 0 aliphatic heterocycles. The molecule has 3 nitrogen and oxygen atoms in total. The van der Waals surface area contributed by atoms with Gasteiger partial charge < -0.3 is 5.11 Å². The summed E-state index contributed by atoms with van der Waals surface area (Å²) in [4.78, 5) is 0.192. The Morgan fingerprint density at radius 2 is 2.11 bits per heavy atom. The number of aliphatic hydroxyl groups is 1. The topological polar surface area (TPSA) is 54.4 Å². The summed E-state index contributed by atoms with van der Waals surface area (Å²) in [5.74, 6) is 0. The van der Waals surface area contributed by atoms with Crippen LogP contribution >= 0.6 is 0 Å². The Labute approximate surface area is 55.9 Å². The molecule has 0 radical (unpaired) electrons. The normalized spacial score (nSPS) is 9.11. The first-order valence-electron chi connectivity index (χ1n) is 2.77. The van der Waals surface area contributed by atoms with Crippen LogP contribution in [-0.4, -0.2) is 25.0 Å². The van der Waals surface area contributed by atoms with E-state index in [0.29, 0.717) is 6.42 Å². The van der Waals surface area contributed by atoms with E-state index in [1.807, 2.05) is 6.92 Å². The van der Waals surface area contributed by atoms with Gasteiger partial charge in [-0.3, -0.25) is 0 Å². The van der Waals surface area contributed by atoms with Crippen LogP contribution in [0.1, 0.15) is 19.8 Å². The quantitative estimate of drug-likeness (QED) is 0.568. The minimum absolute atomic E-state index is 0.192. The lowest BCUT2D eigenvalue weighted by molar-refractivity contribution is 0.357. The van der Waals surface area contributed by atoms with E-state index in [2.05, 4.69) is 0 Å². The lowest BCUT2D eigenvalue weighted by atomic mass is 10.3. The van der Waals surface area contributed by atoms with Gasteiger partial charge in [-0.1, -0.05) is 13.3 Å². The number of hydrogen-bond acceptors (Lipinski definition) is 3. The molecule has 0 amide bonds. The van der Waals surface area contributed by atoms with Gasteiger partial charge in [0.1, 0.15) is 0 Å². The highest BCUT2D eigenvalue weighted by Gasteiger charge is 1.95. The molecule has 0 aliphatic rings. The Hall–Kier alpha value is -0.350. The van der Waals surface area contributed by atoms with E-state index in [1.165, 1.54) is 0 Å². The summed E-state index contributed by atoms with van der Waals surface area (Å²) in [5, 5.41) is 8.40. The molecule has 0 aromatic rings. The summed E-state index contributed by atoms with van der Waals surface area (Å²) in [5.41, 5.74) is 0. The molecule has 0 heterocycles. The minimum Gasteiger partial charge on any atom is -0.391 e. The second-order valence-corrected chi connectivity index (χ2v) is 2.73. The summed E-state index contributed by atoms with van der Waals surface area (Å²) in [7, 11) is -2.19. The zero-order chi connectivity index (χ0) is 7.28. The van der Waals surface area contributed by atoms with Crippen molar-refractivity contribution < 1.29 is 13.5 Å². The van der Waals surface area contributed by atoms with Gasteiger partial charge in [0.2, 0.25) is 10.3 Å². The van der Waals surface area contributed by atoms with Crippen molar-refractivity contribution in [1.29, 1.82) is 0 Å². The van der Waals surface area contributed by atoms with Gasteiger partial charge in [-0.2, -0.15) is 8.42 Å². The van der Waals surface area contributed by atoms with Crippen molar-refractivity contribution in [2.24, 2.45) is 0 Å². The van der Waals surface area contributed by atoms with Gasteiger partial charge in [0.15, 0.2) is 0 Å². The molecule has 0 fully saturated rings. The van der Waals surface area contributed by atoms with Gasteiger partial charge in [-0.05, 0) is 6.42 Å². The highest BCUT2D eigenvalue weighted by molar-refractivity contribution is 7.73. The van der Waals surface area contributed by atoms with Crippen molar-refractivity contribution >= 4 is 15.2 Å². The molecule has 1 N–H and O–H groups in total. The van der Waals surface area contributed by atoms with E-state index in [0.717, 1.165) is 6.42 Å². The molecular formula is C5H10O3S. The van der Waals surface area contributed by atoms with Gasteiger partial charge in [-0.15, -0.1) is 0 Å². The third-order valence-electron chi connectivity index (χ3n) is 0.941. The molecule has 0 spiro atoms.